The second kappa shape index (κ2) is 4.59. The Morgan fingerprint density at radius 1 is 1.62 bits per heavy atom. The highest BCUT2D eigenvalue weighted by Crippen LogP contribution is 2.29. The Hall–Kier alpha value is -2.13. The molecule has 16 heavy (non-hydrogen) atoms. The molecule has 0 unspecified atom stereocenters. The van der Waals surface area contributed by atoms with E-state index in [1.165, 1.54) is 7.11 Å². The molecule has 7 heteroatoms. The molecule has 0 radical (unpaired) electrons. The number of nitro groups is 1. The molecule has 0 fully saturated rings. The van der Waals surface area contributed by atoms with Crippen molar-refractivity contribution in [1.29, 1.82) is 5.26 Å². The van der Waals surface area contributed by atoms with Crippen molar-refractivity contribution < 1.29 is 14.5 Å². The molecule has 0 saturated heterocycles. The summed E-state index contributed by atoms with van der Waals surface area (Å²) in [5, 5.41) is 18.5. The number of rotatable bonds is 3. The van der Waals surface area contributed by atoms with Crippen LogP contribution >= 0.6 is 11.6 Å². The molecule has 0 aliphatic rings. The third kappa shape index (κ3) is 2.10. The van der Waals surface area contributed by atoms with Gasteiger partial charge in [0.15, 0.2) is 0 Å². The van der Waals surface area contributed by atoms with Gasteiger partial charge in [-0.25, -0.2) is 0 Å². The van der Waals surface area contributed by atoms with Gasteiger partial charge in [0.2, 0.25) is 0 Å². The fourth-order valence-electron chi connectivity index (χ4n) is 1.13. The van der Waals surface area contributed by atoms with Crippen molar-refractivity contribution in [3.8, 4) is 11.8 Å². The van der Waals surface area contributed by atoms with E-state index in [4.69, 9.17) is 21.6 Å². The van der Waals surface area contributed by atoms with E-state index in [-0.39, 0.29) is 16.9 Å². The second-order valence-corrected chi connectivity index (χ2v) is 3.06. The van der Waals surface area contributed by atoms with Gasteiger partial charge in [-0.3, -0.25) is 14.9 Å². The fourth-order valence-corrected chi connectivity index (χ4v) is 1.28. The zero-order chi connectivity index (χ0) is 12.3. The number of ether oxygens (including phenoxy) is 1. The summed E-state index contributed by atoms with van der Waals surface area (Å²) in [7, 11) is 1.24. The number of carbonyl (C=O) groups excluding carboxylic acids is 1. The number of carbonyl (C=O) groups is 1. The Labute approximate surface area is 95.2 Å². The van der Waals surface area contributed by atoms with Crippen molar-refractivity contribution in [1.82, 2.24) is 0 Å². The standard InChI is InChI=1S/C9H5ClN2O4/c1-16-8-3-7(12(14)15)5(4-11)2-6(8)9(10)13/h2-3H,1H3. The molecule has 0 aliphatic heterocycles. The smallest absolute Gasteiger partial charge is 0.290 e. The zero-order valence-electron chi connectivity index (χ0n) is 8.06. The molecule has 0 saturated carbocycles. The number of hydrogen-bond donors (Lipinski definition) is 0. The van der Waals surface area contributed by atoms with Gasteiger partial charge in [-0.2, -0.15) is 5.26 Å². The van der Waals surface area contributed by atoms with Crippen molar-refractivity contribution in [3.63, 3.8) is 0 Å². The van der Waals surface area contributed by atoms with Crippen LogP contribution in [0.4, 0.5) is 5.69 Å². The van der Waals surface area contributed by atoms with Crippen LogP contribution in [0.15, 0.2) is 12.1 Å². The Morgan fingerprint density at radius 3 is 2.62 bits per heavy atom. The van der Waals surface area contributed by atoms with Gasteiger partial charge in [0.25, 0.3) is 10.9 Å². The molecule has 1 rings (SSSR count). The molecular formula is C9H5ClN2O4. The second-order valence-electron chi connectivity index (χ2n) is 2.71. The summed E-state index contributed by atoms with van der Waals surface area (Å²) in [6, 6.07) is 3.64. The lowest BCUT2D eigenvalue weighted by molar-refractivity contribution is -0.385. The van der Waals surface area contributed by atoms with E-state index in [9.17, 15) is 14.9 Å². The van der Waals surface area contributed by atoms with Crippen LogP contribution in [0.25, 0.3) is 0 Å². The largest absolute Gasteiger partial charge is 0.496 e. The summed E-state index contributed by atoms with van der Waals surface area (Å²) < 4.78 is 4.78. The molecule has 6 nitrogen and oxygen atoms in total. The van der Waals surface area contributed by atoms with Gasteiger partial charge in [0, 0.05) is 0 Å². The zero-order valence-corrected chi connectivity index (χ0v) is 8.82. The predicted octanol–water partition coefficient (Wildman–Crippen LogP) is 1.85. The molecule has 0 N–H and O–H groups in total. The number of benzene rings is 1. The van der Waals surface area contributed by atoms with E-state index in [0.717, 1.165) is 12.1 Å². The number of nitro benzene ring substituents is 1. The molecular weight excluding hydrogens is 236 g/mol. The minimum absolute atomic E-state index is 0.0364. The Morgan fingerprint density at radius 2 is 2.25 bits per heavy atom. The minimum atomic E-state index is -0.844. The lowest BCUT2D eigenvalue weighted by Gasteiger charge is -2.05. The van der Waals surface area contributed by atoms with Crippen LogP contribution in [0.5, 0.6) is 5.75 Å². The first-order valence-corrected chi connectivity index (χ1v) is 4.35. The van der Waals surface area contributed by atoms with E-state index >= 15 is 0 Å². The van der Waals surface area contributed by atoms with Gasteiger partial charge in [-0.1, -0.05) is 0 Å². The van der Waals surface area contributed by atoms with Gasteiger partial charge in [-0.05, 0) is 17.7 Å². The first-order chi connectivity index (χ1) is 7.51. The SMILES string of the molecule is COc1cc([N+](=O)[O-])c(C#N)cc1C(=O)Cl. The van der Waals surface area contributed by atoms with Crippen LogP contribution < -0.4 is 4.74 Å². The quantitative estimate of drug-likeness (QED) is 0.457. The molecule has 0 aliphatic carbocycles. The molecule has 0 heterocycles. The summed E-state index contributed by atoms with van der Waals surface area (Å²) in [6.45, 7) is 0. The van der Waals surface area contributed by atoms with E-state index in [1.54, 1.807) is 6.07 Å². The molecule has 0 aromatic heterocycles. The maximum Gasteiger partial charge on any atom is 0.290 e. The van der Waals surface area contributed by atoms with Crippen LogP contribution in [0.3, 0.4) is 0 Å². The Kier molecular flexibility index (Phi) is 3.43. The van der Waals surface area contributed by atoms with E-state index in [1.807, 2.05) is 0 Å². The van der Waals surface area contributed by atoms with Crippen molar-refractivity contribution in [2.24, 2.45) is 0 Å². The molecule has 1 aromatic rings. The van der Waals surface area contributed by atoms with Gasteiger partial charge in [-0.15, -0.1) is 0 Å². The summed E-state index contributed by atoms with van der Waals surface area (Å²) in [5.41, 5.74) is -0.748. The average Bonchev–Trinajstić information content (AvgIpc) is 2.26. The number of hydrogen-bond acceptors (Lipinski definition) is 5. The maximum atomic E-state index is 11.0. The lowest BCUT2D eigenvalue weighted by Crippen LogP contribution is -2.00. The van der Waals surface area contributed by atoms with Gasteiger partial charge >= 0.3 is 0 Å². The van der Waals surface area contributed by atoms with Crippen molar-refractivity contribution in [2.75, 3.05) is 7.11 Å². The maximum absolute atomic E-state index is 11.0. The number of methoxy groups -OCH3 is 1. The number of nitrogens with zero attached hydrogens (tertiary/aromatic N) is 2. The molecule has 1 aromatic carbocycles. The summed E-state index contributed by atoms with van der Waals surface area (Å²) >= 11 is 5.25. The van der Waals surface area contributed by atoms with E-state index in [2.05, 4.69) is 0 Å². The van der Waals surface area contributed by atoms with Gasteiger partial charge in [0.05, 0.1) is 23.7 Å². The van der Waals surface area contributed by atoms with E-state index in [0.29, 0.717) is 0 Å². The van der Waals surface area contributed by atoms with Crippen LogP contribution in [0.2, 0.25) is 0 Å². The summed E-state index contributed by atoms with van der Waals surface area (Å²) in [5.74, 6) is -0.0364. The molecule has 0 bridgehead atoms. The Bertz CT molecular complexity index is 507. The fraction of sp³-hybridized carbons (Fsp3) is 0.111. The highest BCUT2D eigenvalue weighted by molar-refractivity contribution is 6.68. The minimum Gasteiger partial charge on any atom is -0.496 e. The van der Waals surface area contributed by atoms with Gasteiger partial charge in [0.1, 0.15) is 17.4 Å². The van der Waals surface area contributed by atoms with Crippen LogP contribution in [0, 0.1) is 21.4 Å². The van der Waals surface area contributed by atoms with Crippen LogP contribution in [-0.4, -0.2) is 17.3 Å². The predicted molar refractivity (Wildman–Crippen MR) is 54.5 cm³/mol. The van der Waals surface area contributed by atoms with Gasteiger partial charge < -0.3 is 4.74 Å². The Balaban J connectivity index is 3.54. The highest BCUT2D eigenvalue weighted by atomic mass is 35.5. The van der Waals surface area contributed by atoms with Crippen LogP contribution in [0.1, 0.15) is 15.9 Å². The first-order valence-electron chi connectivity index (χ1n) is 3.97. The highest BCUT2D eigenvalue weighted by Gasteiger charge is 2.21. The summed E-state index contributed by atoms with van der Waals surface area (Å²) in [4.78, 5) is 20.9. The van der Waals surface area contributed by atoms with Crippen molar-refractivity contribution >= 4 is 22.5 Å². The molecule has 0 spiro atoms. The molecule has 0 atom stereocenters. The van der Waals surface area contributed by atoms with E-state index < -0.39 is 15.9 Å². The molecule has 82 valence electrons. The summed E-state index contributed by atoms with van der Waals surface area (Å²) in [6.07, 6.45) is 0. The van der Waals surface area contributed by atoms with Crippen LogP contribution in [-0.2, 0) is 0 Å². The third-order valence-corrected chi connectivity index (χ3v) is 2.05. The van der Waals surface area contributed by atoms with Crippen molar-refractivity contribution in [3.05, 3.63) is 33.4 Å². The lowest BCUT2D eigenvalue weighted by atomic mass is 10.1. The number of nitriles is 1. The first kappa shape index (κ1) is 11.9. The monoisotopic (exact) mass is 240 g/mol. The van der Waals surface area contributed by atoms with Crippen molar-refractivity contribution in [2.45, 2.75) is 0 Å². The topological polar surface area (TPSA) is 93.2 Å². The number of halogens is 1. The molecule has 0 amide bonds. The average molecular weight is 241 g/mol. The normalized spacial score (nSPS) is 9.31. The third-order valence-electron chi connectivity index (χ3n) is 1.85.